The maximum Gasteiger partial charge on any atom is 0.276 e. The van der Waals surface area contributed by atoms with E-state index in [-0.39, 0.29) is 17.4 Å². The fraction of sp³-hybridized carbons (Fsp3) is 0.316. The summed E-state index contributed by atoms with van der Waals surface area (Å²) in [6.45, 7) is 7.20. The number of halogens is 1. The fourth-order valence-electron chi connectivity index (χ4n) is 2.90. The molecule has 0 aliphatic heterocycles. The van der Waals surface area contributed by atoms with Crippen molar-refractivity contribution in [3.8, 4) is 11.3 Å². The van der Waals surface area contributed by atoms with Gasteiger partial charge in [-0.3, -0.25) is 9.48 Å². The maximum atomic E-state index is 13.0. The molecule has 0 saturated carbocycles. The monoisotopic (exact) mass is 356 g/mol. The van der Waals surface area contributed by atoms with Crippen LogP contribution in [0.4, 0.5) is 4.39 Å². The third-order valence-electron chi connectivity index (χ3n) is 4.43. The van der Waals surface area contributed by atoms with Gasteiger partial charge in [-0.1, -0.05) is 5.16 Å². The summed E-state index contributed by atoms with van der Waals surface area (Å²) in [5.41, 5.74) is 3.87. The summed E-state index contributed by atoms with van der Waals surface area (Å²) in [4.78, 5) is 14.2. The molecule has 0 saturated heterocycles. The largest absolute Gasteiger partial charge is 0.355 e. The number of hydrogen-bond acceptors (Lipinski definition) is 4. The van der Waals surface area contributed by atoms with E-state index in [1.807, 2.05) is 25.5 Å². The summed E-state index contributed by atoms with van der Waals surface area (Å²) in [7, 11) is 1.72. The number of benzene rings is 1. The maximum absolute atomic E-state index is 13.0. The first-order valence-electron chi connectivity index (χ1n) is 8.41. The van der Waals surface area contributed by atoms with Gasteiger partial charge in [0.15, 0.2) is 11.5 Å². The van der Waals surface area contributed by atoms with Crippen molar-refractivity contribution < 1.29 is 13.7 Å². The fourth-order valence-corrected chi connectivity index (χ4v) is 2.90. The number of nitrogens with zero attached hydrogens (tertiary/aromatic N) is 4. The van der Waals surface area contributed by atoms with Crippen LogP contribution in [0.5, 0.6) is 0 Å². The third-order valence-corrected chi connectivity index (χ3v) is 4.43. The Kier molecular flexibility index (Phi) is 4.88. The molecule has 3 aromatic rings. The Morgan fingerprint density at radius 2 is 1.96 bits per heavy atom. The van der Waals surface area contributed by atoms with E-state index in [2.05, 4.69) is 10.3 Å². The van der Waals surface area contributed by atoms with Gasteiger partial charge in [0.05, 0.1) is 5.69 Å². The first-order valence-corrected chi connectivity index (χ1v) is 8.41. The van der Waals surface area contributed by atoms with Crippen LogP contribution in [0.1, 0.15) is 34.4 Å². The average molecular weight is 356 g/mol. The lowest BCUT2D eigenvalue weighted by molar-refractivity contribution is 0.0774. The van der Waals surface area contributed by atoms with E-state index in [4.69, 9.17) is 4.52 Å². The third kappa shape index (κ3) is 3.37. The molecule has 0 atom stereocenters. The van der Waals surface area contributed by atoms with Crippen LogP contribution in [-0.4, -0.2) is 32.8 Å². The molecule has 1 aromatic carbocycles. The van der Waals surface area contributed by atoms with Gasteiger partial charge < -0.3 is 9.42 Å². The van der Waals surface area contributed by atoms with Crippen LogP contribution in [0, 0.1) is 19.7 Å². The van der Waals surface area contributed by atoms with Crippen LogP contribution in [0.2, 0.25) is 0 Å². The van der Waals surface area contributed by atoms with E-state index >= 15 is 0 Å². The normalized spacial score (nSPS) is 11.0. The van der Waals surface area contributed by atoms with Crippen molar-refractivity contribution in [2.45, 2.75) is 33.9 Å². The number of hydrogen-bond donors (Lipinski definition) is 0. The van der Waals surface area contributed by atoms with Gasteiger partial charge in [0.1, 0.15) is 5.82 Å². The molecule has 0 aliphatic rings. The first-order chi connectivity index (χ1) is 12.4. The van der Waals surface area contributed by atoms with Gasteiger partial charge in [-0.2, -0.15) is 5.10 Å². The lowest BCUT2D eigenvalue weighted by atomic mass is 10.1. The van der Waals surface area contributed by atoms with E-state index in [1.165, 1.54) is 12.1 Å². The predicted octanol–water partition coefficient (Wildman–Crippen LogP) is 3.59. The number of aryl methyl sites for hydroxylation is 2. The zero-order valence-corrected chi connectivity index (χ0v) is 15.3. The Labute approximate surface area is 151 Å². The summed E-state index contributed by atoms with van der Waals surface area (Å²) >= 11 is 0. The second-order valence-electron chi connectivity index (χ2n) is 6.21. The minimum absolute atomic E-state index is 0.213. The van der Waals surface area contributed by atoms with Crippen molar-refractivity contribution in [1.82, 2.24) is 19.8 Å². The molecule has 136 valence electrons. The van der Waals surface area contributed by atoms with E-state index in [1.54, 1.807) is 30.1 Å². The molecule has 0 bridgehead atoms. The van der Waals surface area contributed by atoms with Crippen molar-refractivity contribution in [3.63, 3.8) is 0 Å². The molecule has 0 spiro atoms. The standard InChI is InChI=1S/C19H21FN4O2/c1-5-24-13(3)16(12(2)21-24)11-23(4)19(25)17-10-18(26-22-17)14-6-8-15(20)9-7-14/h6-10H,5,11H2,1-4H3. The average Bonchev–Trinajstić information content (AvgIpc) is 3.22. The molecule has 7 heteroatoms. The van der Waals surface area contributed by atoms with Crippen LogP contribution in [-0.2, 0) is 13.1 Å². The summed E-state index contributed by atoms with van der Waals surface area (Å²) in [5, 5.41) is 8.34. The smallest absolute Gasteiger partial charge is 0.276 e. The predicted molar refractivity (Wildman–Crippen MR) is 95.1 cm³/mol. The Bertz CT molecular complexity index is 928. The topological polar surface area (TPSA) is 64.2 Å². The Morgan fingerprint density at radius 3 is 2.58 bits per heavy atom. The minimum atomic E-state index is -0.331. The van der Waals surface area contributed by atoms with Crippen molar-refractivity contribution >= 4 is 5.91 Å². The van der Waals surface area contributed by atoms with E-state index < -0.39 is 0 Å². The van der Waals surface area contributed by atoms with Gasteiger partial charge in [-0.05, 0) is 45.0 Å². The second-order valence-corrected chi connectivity index (χ2v) is 6.21. The van der Waals surface area contributed by atoms with Gasteiger partial charge in [-0.15, -0.1) is 0 Å². The van der Waals surface area contributed by atoms with Crippen LogP contribution in [0.15, 0.2) is 34.9 Å². The SMILES string of the molecule is CCn1nc(C)c(CN(C)C(=O)c2cc(-c3ccc(F)cc3)on2)c1C. The number of rotatable bonds is 5. The zero-order chi connectivity index (χ0) is 18.8. The molecule has 26 heavy (non-hydrogen) atoms. The Hall–Kier alpha value is -2.96. The minimum Gasteiger partial charge on any atom is -0.355 e. The van der Waals surface area contributed by atoms with Crippen LogP contribution in [0.25, 0.3) is 11.3 Å². The van der Waals surface area contributed by atoms with Crippen LogP contribution < -0.4 is 0 Å². The lowest BCUT2D eigenvalue weighted by Crippen LogP contribution is -2.27. The first kappa shape index (κ1) is 17.8. The molecule has 2 heterocycles. The van der Waals surface area contributed by atoms with Crippen molar-refractivity contribution in [3.05, 3.63) is 58.8 Å². The van der Waals surface area contributed by atoms with Crippen molar-refractivity contribution in [2.75, 3.05) is 7.05 Å². The molecule has 0 fully saturated rings. The summed E-state index contributed by atoms with van der Waals surface area (Å²) < 4.78 is 20.2. The molecule has 2 aromatic heterocycles. The molecule has 6 nitrogen and oxygen atoms in total. The van der Waals surface area contributed by atoms with E-state index in [0.29, 0.717) is 17.9 Å². The van der Waals surface area contributed by atoms with Crippen LogP contribution in [0.3, 0.4) is 0 Å². The molecular weight excluding hydrogens is 335 g/mol. The van der Waals surface area contributed by atoms with Gasteiger partial charge in [0.2, 0.25) is 0 Å². The zero-order valence-electron chi connectivity index (χ0n) is 15.3. The molecular formula is C19H21FN4O2. The Balaban J connectivity index is 1.77. The summed E-state index contributed by atoms with van der Waals surface area (Å²) in [5.74, 6) is -0.152. The van der Waals surface area contributed by atoms with E-state index in [9.17, 15) is 9.18 Å². The van der Waals surface area contributed by atoms with Crippen molar-refractivity contribution in [2.24, 2.45) is 0 Å². The summed E-state index contributed by atoms with van der Waals surface area (Å²) in [6.07, 6.45) is 0. The highest BCUT2D eigenvalue weighted by molar-refractivity contribution is 5.92. The number of aromatic nitrogens is 3. The summed E-state index contributed by atoms with van der Waals surface area (Å²) in [6, 6.07) is 7.41. The molecule has 1 amide bonds. The number of carbonyl (C=O) groups is 1. The molecule has 3 rings (SSSR count). The highest BCUT2D eigenvalue weighted by Gasteiger charge is 2.20. The van der Waals surface area contributed by atoms with Gasteiger partial charge >= 0.3 is 0 Å². The highest BCUT2D eigenvalue weighted by Crippen LogP contribution is 2.22. The number of amides is 1. The number of carbonyl (C=O) groups excluding carboxylic acids is 1. The van der Waals surface area contributed by atoms with Gasteiger partial charge in [0, 0.05) is 43.0 Å². The van der Waals surface area contributed by atoms with Crippen molar-refractivity contribution in [1.29, 1.82) is 0 Å². The molecule has 0 N–H and O–H groups in total. The van der Waals surface area contributed by atoms with Gasteiger partial charge in [0.25, 0.3) is 5.91 Å². The molecule has 0 radical (unpaired) electrons. The molecule has 0 aliphatic carbocycles. The lowest BCUT2D eigenvalue weighted by Gasteiger charge is -2.16. The molecule has 0 unspecified atom stereocenters. The quantitative estimate of drug-likeness (QED) is 0.701. The second kappa shape index (κ2) is 7.11. The van der Waals surface area contributed by atoms with Gasteiger partial charge in [-0.25, -0.2) is 4.39 Å². The van der Waals surface area contributed by atoms with Crippen LogP contribution >= 0.6 is 0 Å². The highest BCUT2D eigenvalue weighted by atomic mass is 19.1. The Morgan fingerprint density at radius 1 is 1.27 bits per heavy atom. The van der Waals surface area contributed by atoms with E-state index in [0.717, 1.165) is 23.5 Å².